The van der Waals surface area contributed by atoms with Crippen molar-refractivity contribution in [1.29, 1.82) is 0 Å². The molecule has 24 heavy (non-hydrogen) atoms. The van der Waals surface area contributed by atoms with Gasteiger partial charge in [0, 0.05) is 29.2 Å². The zero-order valence-corrected chi connectivity index (χ0v) is 15.7. The van der Waals surface area contributed by atoms with Gasteiger partial charge in [-0.1, -0.05) is 23.2 Å². The summed E-state index contributed by atoms with van der Waals surface area (Å²) in [5, 5.41) is 5.64. The normalized spacial score (nSPS) is 15.7. The molecule has 1 amide bonds. The van der Waals surface area contributed by atoms with Crippen molar-refractivity contribution in [1.82, 2.24) is 14.7 Å². The molecule has 0 spiro atoms. The molecule has 2 aromatic rings. The third-order valence-electron chi connectivity index (χ3n) is 4.17. The van der Waals surface area contributed by atoms with Crippen LogP contribution in [0.1, 0.15) is 24.4 Å². The summed E-state index contributed by atoms with van der Waals surface area (Å²) < 4.78 is 2.03. The molecule has 1 aromatic heterocycles. The van der Waals surface area contributed by atoms with Gasteiger partial charge >= 0.3 is 0 Å². The average molecular weight is 384 g/mol. The van der Waals surface area contributed by atoms with Gasteiger partial charge in [0.05, 0.1) is 23.0 Å². The number of piperidine rings is 1. The van der Waals surface area contributed by atoms with E-state index in [1.807, 2.05) is 22.7 Å². The molecule has 0 saturated carbocycles. The number of rotatable bonds is 4. The molecular formula is C17H19Cl2N3OS. The van der Waals surface area contributed by atoms with E-state index in [0.29, 0.717) is 21.8 Å². The van der Waals surface area contributed by atoms with Gasteiger partial charge in [0.15, 0.2) is 0 Å². The Balaban J connectivity index is 1.51. The van der Waals surface area contributed by atoms with Gasteiger partial charge in [-0.25, -0.2) is 0 Å². The number of aryl methyl sites for hydroxylation is 1. The van der Waals surface area contributed by atoms with Crippen molar-refractivity contribution in [2.45, 2.75) is 30.7 Å². The maximum absolute atomic E-state index is 12.4. The van der Waals surface area contributed by atoms with Crippen LogP contribution in [0.25, 0.3) is 0 Å². The average Bonchev–Trinajstić information content (AvgIpc) is 3.02. The molecule has 1 aliphatic heterocycles. The van der Waals surface area contributed by atoms with Gasteiger partial charge in [0.25, 0.3) is 0 Å². The molecule has 0 bridgehead atoms. The van der Waals surface area contributed by atoms with Gasteiger partial charge in [0.2, 0.25) is 5.91 Å². The predicted octanol–water partition coefficient (Wildman–Crippen LogP) is 4.45. The number of benzene rings is 1. The highest BCUT2D eigenvalue weighted by atomic mass is 35.5. The topological polar surface area (TPSA) is 38.1 Å². The zero-order chi connectivity index (χ0) is 17.1. The highest BCUT2D eigenvalue weighted by molar-refractivity contribution is 8.00. The fourth-order valence-electron chi connectivity index (χ4n) is 2.83. The highest BCUT2D eigenvalue weighted by Crippen LogP contribution is 2.30. The van der Waals surface area contributed by atoms with Crippen LogP contribution in [0.4, 0.5) is 0 Å². The van der Waals surface area contributed by atoms with E-state index < -0.39 is 0 Å². The summed E-state index contributed by atoms with van der Waals surface area (Å²) in [7, 11) is 0. The predicted molar refractivity (Wildman–Crippen MR) is 99.0 cm³/mol. The summed E-state index contributed by atoms with van der Waals surface area (Å²) in [6.07, 6.45) is 5.83. The molecule has 3 rings (SSSR count). The Kier molecular flexibility index (Phi) is 5.74. The maximum Gasteiger partial charge on any atom is 0.232 e. The molecule has 1 fully saturated rings. The molecule has 0 N–H and O–H groups in total. The zero-order valence-electron chi connectivity index (χ0n) is 13.4. The lowest BCUT2D eigenvalue weighted by molar-refractivity contribution is -0.129. The molecule has 1 saturated heterocycles. The first-order chi connectivity index (χ1) is 11.5. The van der Waals surface area contributed by atoms with Crippen molar-refractivity contribution in [3.05, 3.63) is 46.2 Å². The second-order valence-corrected chi connectivity index (χ2v) is 7.83. The van der Waals surface area contributed by atoms with Gasteiger partial charge in [0.1, 0.15) is 0 Å². The van der Waals surface area contributed by atoms with Gasteiger partial charge in [-0.05, 0) is 43.5 Å². The van der Waals surface area contributed by atoms with Crippen LogP contribution in [0.15, 0.2) is 35.5 Å². The minimum absolute atomic E-state index is 0.145. The van der Waals surface area contributed by atoms with Crippen LogP contribution in [-0.4, -0.2) is 39.4 Å². The third-order valence-corrected chi connectivity index (χ3v) is 5.88. The Morgan fingerprint density at radius 3 is 2.75 bits per heavy atom. The second kappa shape index (κ2) is 7.81. The van der Waals surface area contributed by atoms with Crippen LogP contribution in [0.5, 0.6) is 0 Å². The number of amides is 1. The Bertz CT molecular complexity index is 726. The van der Waals surface area contributed by atoms with E-state index in [4.69, 9.17) is 23.2 Å². The summed E-state index contributed by atoms with van der Waals surface area (Å²) in [6.45, 7) is 3.58. The summed E-state index contributed by atoms with van der Waals surface area (Å²) >= 11 is 13.6. The monoisotopic (exact) mass is 383 g/mol. The number of halogens is 2. The van der Waals surface area contributed by atoms with Gasteiger partial charge in [-0.3, -0.25) is 9.48 Å². The second-order valence-electron chi connectivity index (χ2n) is 5.97. The number of aromatic nitrogens is 2. The standard InChI is InChI=1S/C17H19Cl2N3OS/c1-12-9-20-22(10-12)14-4-6-21(7-5-14)17(23)11-24-16-8-13(18)2-3-15(16)19/h2-3,8-10,14H,4-7,11H2,1H3. The lowest BCUT2D eigenvalue weighted by Gasteiger charge is -2.32. The molecule has 0 aliphatic carbocycles. The van der Waals surface area contributed by atoms with Gasteiger partial charge in [-0.15, -0.1) is 11.8 Å². The van der Waals surface area contributed by atoms with Crippen LogP contribution in [0, 0.1) is 6.92 Å². The van der Waals surface area contributed by atoms with Crippen molar-refractivity contribution in [3.8, 4) is 0 Å². The van der Waals surface area contributed by atoms with Crippen molar-refractivity contribution in [2.75, 3.05) is 18.8 Å². The Morgan fingerprint density at radius 2 is 2.08 bits per heavy atom. The molecule has 128 valence electrons. The number of carbonyl (C=O) groups is 1. The fourth-order valence-corrected chi connectivity index (χ4v) is 4.23. The highest BCUT2D eigenvalue weighted by Gasteiger charge is 2.24. The quantitative estimate of drug-likeness (QED) is 0.731. The van der Waals surface area contributed by atoms with Gasteiger partial charge in [-0.2, -0.15) is 5.10 Å². The number of nitrogens with zero attached hydrogens (tertiary/aromatic N) is 3. The molecule has 0 atom stereocenters. The van der Waals surface area contributed by atoms with E-state index in [1.54, 1.807) is 18.2 Å². The Hall–Kier alpha value is -1.17. The largest absolute Gasteiger partial charge is 0.342 e. The molecule has 4 nitrogen and oxygen atoms in total. The van der Waals surface area contributed by atoms with Gasteiger partial charge < -0.3 is 4.90 Å². The lowest BCUT2D eigenvalue weighted by Crippen LogP contribution is -2.40. The first-order valence-electron chi connectivity index (χ1n) is 7.89. The summed E-state index contributed by atoms with van der Waals surface area (Å²) in [4.78, 5) is 15.2. The molecule has 1 aliphatic rings. The van der Waals surface area contributed by atoms with Crippen LogP contribution in [0.3, 0.4) is 0 Å². The van der Waals surface area contributed by atoms with E-state index in [0.717, 1.165) is 30.8 Å². The van der Waals surface area contributed by atoms with E-state index in [1.165, 1.54) is 17.3 Å². The minimum Gasteiger partial charge on any atom is -0.342 e. The van der Waals surface area contributed by atoms with E-state index in [9.17, 15) is 4.79 Å². The van der Waals surface area contributed by atoms with Crippen molar-refractivity contribution >= 4 is 40.9 Å². The number of hydrogen-bond acceptors (Lipinski definition) is 3. The number of carbonyl (C=O) groups excluding carboxylic acids is 1. The third kappa shape index (κ3) is 4.26. The van der Waals surface area contributed by atoms with Crippen LogP contribution >= 0.6 is 35.0 Å². The number of thioether (sulfide) groups is 1. The Morgan fingerprint density at radius 1 is 1.33 bits per heavy atom. The minimum atomic E-state index is 0.145. The first kappa shape index (κ1) is 17.6. The van der Waals surface area contributed by atoms with Crippen molar-refractivity contribution in [2.24, 2.45) is 0 Å². The smallest absolute Gasteiger partial charge is 0.232 e. The molecule has 7 heteroatoms. The maximum atomic E-state index is 12.4. The number of hydrogen-bond donors (Lipinski definition) is 0. The molecule has 0 radical (unpaired) electrons. The molecular weight excluding hydrogens is 365 g/mol. The lowest BCUT2D eigenvalue weighted by atomic mass is 10.1. The summed E-state index contributed by atoms with van der Waals surface area (Å²) in [6, 6.07) is 5.69. The van der Waals surface area contributed by atoms with Crippen molar-refractivity contribution < 1.29 is 4.79 Å². The van der Waals surface area contributed by atoms with Crippen molar-refractivity contribution in [3.63, 3.8) is 0 Å². The number of likely N-dealkylation sites (tertiary alicyclic amines) is 1. The van der Waals surface area contributed by atoms with Crippen LogP contribution in [0.2, 0.25) is 10.0 Å². The summed E-state index contributed by atoms with van der Waals surface area (Å²) in [5.41, 5.74) is 1.17. The summed E-state index contributed by atoms with van der Waals surface area (Å²) in [5.74, 6) is 0.525. The SMILES string of the molecule is Cc1cnn(C2CCN(C(=O)CSc3cc(Cl)ccc3Cl)CC2)c1. The van der Waals surface area contributed by atoms with Crippen LogP contribution in [-0.2, 0) is 4.79 Å². The van der Waals surface area contributed by atoms with Crippen LogP contribution < -0.4 is 0 Å². The Labute approximate surface area is 156 Å². The van der Waals surface area contributed by atoms with E-state index >= 15 is 0 Å². The fraction of sp³-hybridized carbons (Fsp3) is 0.412. The molecule has 2 heterocycles. The molecule has 1 aromatic carbocycles. The first-order valence-corrected chi connectivity index (χ1v) is 9.63. The van der Waals surface area contributed by atoms with E-state index in [-0.39, 0.29) is 5.91 Å². The van der Waals surface area contributed by atoms with E-state index in [2.05, 4.69) is 11.3 Å². The molecule has 0 unspecified atom stereocenters.